The van der Waals surface area contributed by atoms with E-state index < -0.39 is 34.9 Å². The second-order valence-corrected chi connectivity index (χ2v) is 5.29. The zero-order valence-corrected chi connectivity index (χ0v) is 13.5. The molecule has 2 heterocycles. The van der Waals surface area contributed by atoms with Gasteiger partial charge in [0.25, 0.3) is 17.5 Å². The molecule has 1 aliphatic rings. The molecule has 132 valence electrons. The van der Waals surface area contributed by atoms with Crippen molar-refractivity contribution in [3.8, 4) is 5.88 Å². The third-order valence-electron chi connectivity index (χ3n) is 3.70. The Balaban J connectivity index is 1.77. The molecule has 10 nitrogen and oxygen atoms in total. The number of rotatable bonds is 5. The van der Waals surface area contributed by atoms with Crippen molar-refractivity contribution in [3.63, 3.8) is 0 Å². The smallest absolute Gasteiger partial charge is 0.282 e. The Hall–Kier alpha value is -3.82. The van der Waals surface area contributed by atoms with Crippen molar-refractivity contribution < 1.29 is 24.0 Å². The average molecular weight is 356 g/mol. The summed E-state index contributed by atoms with van der Waals surface area (Å²) in [6, 6.07) is 6.83. The van der Waals surface area contributed by atoms with Crippen molar-refractivity contribution in [2.24, 2.45) is 0 Å². The summed E-state index contributed by atoms with van der Waals surface area (Å²) in [7, 11) is 1.45. The van der Waals surface area contributed by atoms with Crippen molar-refractivity contribution in [3.05, 3.63) is 57.8 Å². The zero-order chi connectivity index (χ0) is 18.8. The van der Waals surface area contributed by atoms with E-state index in [-0.39, 0.29) is 11.1 Å². The van der Waals surface area contributed by atoms with Crippen molar-refractivity contribution in [1.29, 1.82) is 0 Å². The van der Waals surface area contributed by atoms with Crippen LogP contribution in [0.15, 0.2) is 36.5 Å². The second kappa shape index (κ2) is 6.59. The minimum Gasteiger partial charge on any atom is -0.481 e. The number of methoxy groups -OCH3 is 1. The standard InChI is InChI=1S/C16H12N4O6/c1-26-13-6-5-9(7-17-13)18-12(21)8-19-15(22)10-3-2-4-11(20(24)25)14(10)16(19)23/h2-7H,8H2,1H3,(H,18,21). The van der Waals surface area contributed by atoms with E-state index in [1.54, 1.807) is 0 Å². The number of imide groups is 1. The normalized spacial score (nSPS) is 12.7. The molecule has 0 radical (unpaired) electrons. The van der Waals surface area contributed by atoms with Crippen molar-refractivity contribution in [1.82, 2.24) is 9.88 Å². The van der Waals surface area contributed by atoms with Gasteiger partial charge in [0.2, 0.25) is 11.8 Å². The highest BCUT2D eigenvalue weighted by atomic mass is 16.6. The van der Waals surface area contributed by atoms with Gasteiger partial charge in [0.05, 0.1) is 29.5 Å². The summed E-state index contributed by atoms with van der Waals surface area (Å²) in [6.07, 6.45) is 1.35. The molecular weight excluding hydrogens is 344 g/mol. The maximum Gasteiger partial charge on any atom is 0.282 e. The quantitative estimate of drug-likeness (QED) is 0.484. The van der Waals surface area contributed by atoms with Crippen LogP contribution >= 0.6 is 0 Å². The fraction of sp³-hybridized carbons (Fsp3) is 0.125. The molecule has 3 amide bonds. The number of carbonyl (C=O) groups excluding carboxylic acids is 3. The lowest BCUT2D eigenvalue weighted by atomic mass is 10.1. The molecular formula is C16H12N4O6. The number of fused-ring (bicyclic) bond motifs is 1. The van der Waals surface area contributed by atoms with Crippen LogP contribution in [-0.2, 0) is 4.79 Å². The molecule has 26 heavy (non-hydrogen) atoms. The van der Waals surface area contributed by atoms with E-state index in [9.17, 15) is 24.5 Å². The van der Waals surface area contributed by atoms with Crippen LogP contribution in [-0.4, -0.2) is 46.2 Å². The van der Waals surface area contributed by atoms with Crippen LogP contribution in [0.1, 0.15) is 20.7 Å². The summed E-state index contributed by atoms with van der Waals surface area (Å²) in [6.45, 7) is -0.574. The predicted octanol–water partition coefficient (Wildman–Crippen LogP) is 1.23. The van der Waals surface area contributed by atoms with Gasteiger partial charge in [-0.05, 0) is 12.1 Å². The summed E-state index contributed by atoms with van der Waals surface area (Å²) in [5.74, 6) is -1.92. The summed E-state index contributed by atoms with van der Waals surface area (Å²) in [4.78, 5) is 51.8. The third kappa shape index (κ3) is 2.95. The Labute approximate surface area is 146 Å². The number of ether oxygens (including phenoxy) is 1. The van der Waals surface area contributed by atoms with Crippen molar-refractivity contribution >= 4 is 29.1 Å². The topological polar surface area (TPSA) is 132 Å². The number of nitrogens with one attached hydrogen (secondary N) is 1. The van der Waals surface area contributed by atoms with E-state index in [1.165, 1.54) is 37.6 Å². The van der Waals surface area contributed by atoms with E-state index in [4.69, 9.17) is 4.74 Å². The number of nitro groups is 1. The maximum absolute atomic E-state index is 12.4. The third-order valence-corrected chi connectivity index (χ3v) is 3.70. The first-order valence-corrected chi connectivity index (χ1v) is 7.36. The van der Waals surface area contributed by atoms with Crippen LogP contribution in [0.2, 0.25) is 0 Å². The Morgan fingerprint density at radius 1 is 1.27 bits per heavy atom. The number of aromatic nitrogens is 1. The number of anilines is 1. The number of benzene rings is 1. The lowest BCUT2D eigenvalue weighted by Crippen LogP contribution is -2.37. The molecule has 0 saturated heterocycles. The second-order valence-electron chi connectivity index (χ2n) is 5.29. The molecule has 0 bridgehead atoms. The molecule has 1 N–H and O–H groups in total. The van der Waals surface area contributed by atoms with Crippen LogP contribution < -0.4 is 10.1 Å². The molecule has 2 aromatic rings. The largest absolute Gasteiger partial charge is 0.481 e. The highest BCUT2D eigenvalue weighted by molar-refractivity contribution is 6.24. The minimum atomic E-state index is -0.875. The van der Waals surface area contributed by atoms with E-state index in [2.05, 4.69) is 10.3 Å². The van der Waals surface area contributed by atoms with Crippen LogP contribution in [0.25, 0.3) is 0 Å². The van der Waals surface area contributed by atoms with Crippen LogP contribution in [0.5, 0.6) is 5.88 Å². The van der Waals surface area contributed by atoms with Gasteiger partial charge in [0.1, 0.15) is 12.1 Å². The maximum atomic E-state index is 12.4. The molecule has 0 spiro atoms. The Morgan fingerprint density at radius 3 is 2.65 bits per heavy atom. The highest BCUT2D eigenvalue weighted by Crippen LogP contribution is 2.30. The number of nitrogens with zero attached hydrogens (tertiary/aromatic N) is 3. The SMILES string of the molecule is COc1ccc(NC(=O)CN2C(=O)c3cccc([N+](=O)[O-])c3C2=O)cn1. The van der Waals surface area contributed by atoms with E-state index in [0.29, 0.717) is 16.5 Å². The Morgan fingerprint density at radius 2 is 2.04 bits per heavy atom. The lowest BCUT2D eigenvalue weighted by molar-refractivity contribution is -0.385. The molecule has 0 unspecified atom stereocenters. The van der Waals surface area contributed by atoms with Gasteiger partial charge in [-0.3, -0.25) is 29.4 Å². The van der Waals surface area contributed by atoms with Crippen LogP contribution in [0.4, 0.5) is 11.4 Å². The molecule has 3 rings (SSSR count). The number of hydrogen-bond donors (Lipinski definition) is 1. The van der Waals surface area contributed by atoms with Gasteiger partial charge in [0.15, 0.2) is 0 Å². The van der Waals surface area contributed by atoms with Crippen LogP contribution in [0.3, 0.4) is 0 Å². The molecule has 1 aromatic heterocycles. The summed E-state index contributed by atoms with van der Waals surface area (Å²) >= 11 is 0. The number of amides is 3. The van der Waals surface area contributed by atoms with Crippen molar-refractivity contribution in [2.75, 3.05) is 19.0 Å². The molecule has 10 heteroatoms. The number of pyridine rings is 1. The first kappa shape index (κ1) is 17.0. The van der Waals surface area contributed by atoms with Gasteiger partial charge in [-0.2, -0.15) is 0 Å². The number of carbonyl (C=O) groups is 3. The molecule has 1 aliphatic heterocycles. The molecule has 0 atom stereocenters. The van der Waals surface area contributed by atoms with Gasteiger partial charge >= 0.3 is 0 Å². The molecule has 0 fully saturated rings. The number of nitro benzene ring substituents is 1. The van der Waals surface area contributed by atoms with E-state index in [0.717, 1.165) is 6.07 Å². The molecule has 1 aromatic carbocycles. The lowest BCUT2D eigenvalue weighted by Gasteiger charge is -2.13. The fourth-order valence-corrected chi connectivity index (χ4v) is 2.53. The minimum absolute atomic E-state index is 0.0943. The summed E-state index contributed by atoms with van der Waals surface area (Å²) in [5, 5.41) is 13.6. The highest BCUT2D eigenvalue weighted by Gasteiger charge is 2.41. The summed E-state index contributed by atoms with van der Waals surface area (Å²) < 4.78 is 4.90. The fourth-order valence-electron chi connectivity index (χ4n) is 2.53. The zero-order valence-electron chi connectivity index (χ0n) is 13.5. The molecule has 0 aliphatic carbocycles. The van der Waals surface area contributed by atoms with Gasteiger partial charge in [-0.15, -0.1) is 0 Å². The first-order chi connectivity index (χ1) is 12.4. The number of hydrogen-bond acceptors (Lipinski definition) is 7. The van der Waals surface area contributed by atoms with Gasteiger partial charge in [-0.25, -0.2) is 4.98 Å². The van der Waals surface area contributed by atoms with Gasteiger partial charge < -0.3 is 10.1 Å². The van der Waals surface area contributed by atoms with Gasteiger partial charge in [-0.1, -0.05) is 6.07 Å². The Bertz CT molecular complexity index is 925. The molecule has 0 saturated carbocycles. The van der Waals surface area contributed by atoms with E-state index >= 15 is 0 Å². The monoisotopic (exact) mass is 356 g/mol. The van der Waals surface area contributed by atoms with Crippen molar-refractivity contribution in [2.45, 2.75) is 0 Å². The first-order valence-electron chi connectivity index (χ1n) is 7.36. The summed E-state index contributed by atoms with van der Waals surface area (Å²) in [5.41, 5.74) is -0.522. The predicted molar refractivity (Wildman–Crippen MR) is 87.9 cm³/mol. The van der Waals surface area contributed by atoms with Gasteiger partial charge in [0, 0.05) is 12.1 Å². The Kier molecular flexibility index (Phi) is 4.31. The van der Waals surface area contributed by atoms with Crippen LogP contribution in [0, 0.1) is 10.1 Å². The van der Waals surface area contributed by atoms with E-state index in [1.807, 2.05) is 0 Å². The average Bonchev–Trinajstić information content (AvgIpc) is 2.87.